The lowest BCUT2D eigenvalue weighted by Gasteiger charge is -2.09. The molecule has 0 aromatic carbocycles. The first-order chi connectivity index (χ1) is 8.29. The Hall–Kier alpha value is -1.34. The van der Waals surface area contributed by atoms with E-state index in [4.69, 9.17) is 9.88 Å². The monoisotopic (exact) mass is 272 g/mol. The molecule has 1 saturated carbocycles. The van der Waals surface area contributed by atoms with Crippen molar-refractivity contribution in [2.75, 3.05) is 0 Å². The van der Waals surface area contributed by atoms with Crippen molar-refractivity contribution in [2.24, 2.45) is 5.14 Å². The molecule has 0 aliphatic heterocycles. The molecule has 0 spiro atoms. The number of sulfonamides is 1. The number of hydrogen-bond acceptors (Lipinski definition) is 4. The number of primary sulfonamides is 1. The maximum Gasteiger partial charge on any atom is 0.355 e. The van der Waals surface area contributed by atoms with Gasteiger partial charge in [0.15, 0.2) is 0 Å². The maximum absolute atomic E-state index is 11.9. The lowest BCUT2D eigenvalue weighted by Crippen LogP contribution is -2.15. The molecule has 100 valence electrons. The second kappa shape index (κ2) is 4.40. The SMILES string of the molecule is CC(C)OC(=O)c1cc(S(N)(=O)=O)cn1C1CC1. The van der Waals surface area contributed by atoms with Crippen molar-refractivity contribution in [3.8, 4) is 0 Å². The van der Waals surface area contributed by atoms with Gasteiger partial charge in [0.25, 0.3) is 0 Å². The molecule has 1 aliphatic rings. The summed E-state index contributed by atoms with van der Waals surface area (Å²) in [5.41, 5.74) is 0.246. The number of esters is 1. The summed E-state index contributed by atoms with van der Waals surface area (Å²) in [7, 11) is -3.80. The molecule has 2 rings (SSSR count). The Morgan fingerprint density at radius 3 is 2.56 bits per heavy atom. The molecule has 7 heteroatoms. The molecule has 6 nitrogen and oxygen atoms in total. The van der Waals surface area contributed by atoms with E-state index < -0.39 is 16.0 Å². The highest BCUT2D eigenvalue weighted by Crippen LogP contribution is 2.37. The predicted octanol–water partition coefficient (Wildman–Crippen LogP) is 1.04. The van der Waals surface area contributed by atoms with Crippen LogP contribution in [-0.2, 0) is 14.8 Å². The summed E-state index contributed by atoms with van der Waals surface area (Å²) in [6, 6.07) is 1.45. The van der Waals surface area contributed by atoms with Gasteiger partial charge in [0.05, 0.1) is 6.10 Å². The molecule has 1 aromatic heterocycles. The Balaban J connectivity index is 2.39. The molecule has 1 aliphatic carbocycles. The molecule has 1 fully saturated rings. The largest absolute Gasteiger partial charge is 0.458 e. The highest BCUT2D eigenvalue weighted by atomic mass is 32.2. The van der Waals surface area contributed by atoms with Crippen LogP contribution in [0.15, 0.2) is 17.2 Å². The van der Waals surface area contributed by atoms with Crippen molar-refractivity contribution < 1.29 is 17.9 Å². The minimum Gasteiger partial charge on any atom is -0.458 e. The van der Waals surface area contributed by atoms with Crippen molar-refractivity contribution >= 4 is 16.0 Å². The summed E-state index contributed by atoms with van der Waals surface area (Å²) in [5.74, 6) is -0.521. The van der Waals surface area contributed by atoms with Crippen LogP contribution in [0.5, 0.6) is 0 Å². The molecule has 18 heavy (non-hydrogen) atoms. The number of rotatable bonds is 4. The van der Waals surface area contributed by atoms with E-state index in [0.29, 0.717) is 0 Å². The molecule has 0 radical (unpaired) electrons. The van der Waals surface area contributed by atoms with Crippen LogP contribution in [0.25, 0.3) is 0 Å². The van der Waals surface area contributed by atoms with E-state index in [-0.39, 0.29) is 22.7 Å². The zero-order valence-corrected chi connectivity index (χ0v) is 11.1. The van der Waals surface area contributed by atoms with Gasteiger partial charge in [-0.2, -0.15) is 0 Å². The summed E-state index contributed by atoms with van der Waals surface area (Å²) in [5, 5.41) is 5.07. The van der Waals surface area contributed by atoms with Crippen molar-refractivity contribution in [3.63, 3.8) is 0 Å². The standard InChI is InChI=1S/C11H16N2O4S/c1-7(2)17-11(14)10-5-9(18(12,15)16)6-13(10)8-3-4-8/h5-8H,3-4H2,1-2H3,(H2,12,15,16). The van der Waals surface area contributed by atoms with Gasteiger partial charge in [-0.1, -0.05) is 0 Å². The molecule has 0 atom stereocenters. The Labute approximate surface area is 106 Å². The topological polar surface area (TPSA) is 91.4 Å². The summed E-state index contributed by atoms with van der Waals surface area (Å²) in [6.45, 7) is 3.48. The number of ether oxygens (including phenoxy) is 1. The Bertz CT molecular complexity index is 570. The molecule has 0 amide bonds. The first-order valence-electron chi connectivity index (χ1n) is 5.74. The van der Waals surface area contributed by atoms with Gasteiger partial charge in [0, 0.05) is 12.2 Å². The number of aromatic nitrogens is 1. The molecule has 2 N–H and O–H groups in total. The van der Waals surface area contributed by atoms with Gasteiger partial charge < -0.3 is 9.30 Å². The minimum absolute atomic E-state index is 0.0508. The minimum atomic E-state index is -3.80. The summed E-state index contributed by atoms with van der Waals surface area (Å²) < 4.78 is 29.3. The van der Waals surface area contributed by atoms with Gasteiger partial charge >= 0.3 is 5.97 Å². The Kier molecular flexibility index (Phi) is 3.20. The quantitative estimate of drug-likeness (QED) is 0.829. The fourth-order valence-corrected chi connectivity index (χ4v) is 2.24. The van der Waals surface area contributed by atoms with E-state index in [1.165, 1.54) is 12.3 Å². The highest BCUT2D eigenvalue weighted by molar-refractivity contribution is 7.89. The second-order valence-corrected chi connectivity index (χ2v) is 6.26. The molecular weight excluding hydrogens is 256 g/mol. The van der Waals surface area contributed by atoms with Gasteiger partial charge in [0.2, 0.25) is 10.0 Å². The van der Waals surface area contributed by atoms with E-state index >= 15 is 0 Å². The highest BCUT2D eigenvalue weighted by Gasteiger charge is 2.30. The molecule has 1 aromatic rings. The Morgan fingerprint density at radius 1 is 1.50 bits per heavy atom. The van der Waals surface area contributed by atoms with E-state index in [1.54, 1.807) is 18.4 Å². The van der Waals surface area contributed by atoms with Crippen LogP contribution in [0.2, 0.25) is 0 Å². The van der Waals surface area contributed by atoms with Crippen LogP contribution in [0.1, 0.15) is 43.2 Å². The summed E-state index contributed by atoms with van der Waals surface area (Å²) in [4.78, 5) is 11.8. The normalized spacial score (nSPS) is 16.0. The van der Waals surface area contributed by atoms with Crippen molar-refractivity contribution in [1.82, 2.24) is 4.57 Å². The van der Waals surface area contributed by atoms with Crippen LogP contribution in [-0.4, -0.2) is 25.1 Å². The van der Waals surface area contributed by atoms with E-state index in [2.05, 4.69) is 0 Å². The molecule has 0 bridgehead atoms. The van der Waals surface area contributed by atoms with Gasteiger partial charge in [-0.15, -0.1) is 0 Å². The van der Waals surface area contributed by atoms with Crippen molar-refractivity contribution in [1.29, 1.82) is 0 Å². The lowest BCUT2D eigenvalue weighted by atomic mass is 10.4. The number of hydrogen-bond donors (Lipinski definition) is 1. The molecule has 1 heterocycles. The van der Waals surface area contributed by atoms with Gasteiger partial charge in [0.1, 0.15) is 10.6 Å². The zero-order chi connectivity index (χ0) is 13.5. The predicted molar refractivity (Wildman–Crippen MR) is 64.6 cm³/mol. The third-order valence-electron chi connectivity index (χ3n) is 2.64. The van der Waals surface area contributed by atoms with Crippen LogP contribution >= 0.6 is 0 Å². The first kappa shape index (κ1) is 13.1. The Morgan fingerprint density at radius 2 is 2.11 bits per heavy atom. The van der Waals surface area contributed by atoms with Crippen LogP contribution in [0.4, 0.5) is 0 Å². The average molecular weight is 272 g/mol. The summed E-state index contributed by atoms with van der Waals surface area (Å²) >= 11 is 0. The third kappa shape index (κ3) is 2.73. The van der Waals surface area contributed by atoms with E-state index in [9.17, 15) is 13.2 Å². The van der Waals surface area contributed by atoms with Gasteiger partial charge in [-0.25, -0.2) is 18.4 Å². The van der Waals surface area contributed by atoms with Crippen LogP contribution in [0.3, 0.4) is 0 Å². The molecule has 0 unspecified atom stereocenters. The lowest BCUT2D eigenvalue weighted by molar-refractivity contribution is 0.0365. The smallest absolute Gasteiger partial charge is 0.355 e. The fourth-order valence-electron chi connectivity index (χ4n) is 1.70. The van der Waals surface area contributed by atoms with Crippen molar-refractivity contribution in [2.45, 2.75) is 43.7 Å². The molecular formula is C11H16N2O4S. The average Bonchev–Trinajstić information content (AvgIpc) is 2.94. The number of nitrogens with zero attached hydrogens (tertiary/aromatic N) is 1. The fraction of sp³-hybridized carbons (Fsp3) is 0.545. The molecule has 0 saturated heterocycles. The van der Waals surface area contributed by atoms with Crippen LogP contribution in [0, 0.1) is 0 Å². The third-order valence-corrected chi connectivity index (χ3v) is 3.52. The number of carbonyl (C=O) groups is 1. The number of carbonyl (C=O) groups excluding carboxylic acids is 1. The van der Waals surface area contributed by atoms with Crippen LogP contribution < -0.4 is 5.14 Å². The zero-order valence-electron chi connectivity index (χ0n) is 10.3. The van der Waals surface area contributed by atoms with Crippen molar-refractivity contribution in [3.05, 3.63) is 18.0 Å². The van der Waals surface area contributed by atoms with E-state index in [0.717, 1.165) is 12.8 Å². The van der Waals surface area contributed by atoms with Gasteiger partial charge in [-0.3, -0.25) is 0 Å². The first-order valence-corrected chi connectivity index (χ1v) is 7.29. The van der Waals surface area contributed by atoms with E-state index in [1.807, 2.05) is 0 Å². The maximum atomic E-state index is 11.9. The summed E-state index contributed by atoms with van der Waals surface area (Å²) in [6.07, 6.45) is 3.02. The van der Waals surface area contributed by atoms with Gasteiger partial charge in [-0.05, 0) is 32.8 Å². The number of nitrogens with two attached hydrogens (primary N) is 1. The second-order valence-electron chi connectivity index (χ2n) is 4.70.